The predicted molar refractivity (Wildman–Crippen MR) is 104 cm³/mol. The molecule has 1 N–H and O–H groups in total. The fourth-order valence-corrected chi connectivity index (χ4v) is 3.14. The third kappa shape index (κ3) is 4.03. The van der Waals surface area contributed by atoms with Crippen LogP contribution in [0.25, 0.3) is 16.9 Å². The van der Waals surface area contributed by atoms with Crippen LogP contribution in [0.5, 0.6) is 0 Å². The van der Waals surface area contributed by atoms with Gasteiger partial charge in [0.2, 0.25) is 5.91 Å². The van der Waals surface area contributed by atoms with E-state index in [0.29, 0.717) is 16.8 Å². The summed E-state index contributed by atoms with van der Waals surface area (Å²) < 4.78 is 54.0. The Balaban J connectivity index is 1.75. The average molecular weight is 413 g/mol. The first-order valence-electron chi connectivity index (χ1n) is 9.00. The number of aromatic nitrogens is 2. The molecule has 4 aromatic rings. The van der Waals surface area contributed by atoms with Crippen molar-refractivity contribution in [1.29, 1.82) is 0 Å². The van der Waals surface area contributed by atoms with Crippen molar-refractivity contribution in [2.45, 2.75) is 12.6 Å². The third-order valence-corrected chi connectivity index (χ3v) is 4.53. The number of benzene rings is 2. The van der Waals surface area contributed by atoms with Gasteiger partial charge in [-0.05, 0) is 29.8 Å². The van der Waals surface area contributed by atoms with E-state index in [2.05, 4.69) is 10.3 Å². The fraction of sp³-hybridized carbons (Fsp3) is 0.0909. The summed E-state index contributed by atoms with van der Waals surface area (Å²) in [5.74, 6) is -0.683. The van der Waals surface area contributed by atoms with Gasteiger partial charge in [0.05, 0.1) is 17.7 Å². The predicted octanol–water partition coefficient (Wildman–Crippen LogP) is 5.34. The lowest BCUT2D eigenvalue weighted by Gasteiger charge is -2.10. The van der Waals surface area contributed by atoms with Gasteiger partial charge in [-0.3, -0.25) is 9.20 Å². The lowest BCUT2D eigenvalue weighted by molar-refractivity contribution is -0.137. The quantitative estimate of drug-likeness (QED) is 0.459. The number of alkyl halides is 3. The molecular formula is C22H15F4N3O. The second kappa shape index (κ2) is 7.62. The standard InChI is InChI=1S/C22H15F4N3O/c23-17-9-6-14(7-10-17)12-19(30)28-21-20(15-4-2-1-3-5-15)29-13-16(22(24,25)26)8-11-18(29)27-21/h1-11,13H,12H2,(H,28,30). The minimum Gasteiger partial charge on any atom is -0.309 e. The summed E-state index contributed by atoms with van der Waals surface area (Å²) in [6, 6.07) is 16.4. The zero-order chi connectivity index (χ0) is 21.3. The molecule has 4 nitrogen and oxygen atoms in total. The highest BCUT2D eigenvalue weighted by Gasteiger charge is 2.31. The van der Waals surface area contributed by atoms with Gasteiger partial charge in [-0.2, -0.15) is 13.2 Å². The SMILES string of the molecule is O=C(Cc1ccc(F)cc1)Nc1nc2ccc(C(F)(F)F)cn2c1-c1ccccc1. The number of carbonyl (C=O) groups excluding carboxylic acids is 1. The van der Waals surface area contributed by atoms with Crippen molar-refractivity contribution in [3.8, 4) is 11.3 Å². The summed E-state index contributed by atoms with van der Waals surface area (Å²) in [7, 11) is 0. The zero-order valence-electron chi connectivity index (χ0n) is 15.4. The maximum absolute atomic E-state index is 13.2. The van der Waals surface area contributed by atoms with Gasteiger partial charge in [-0.15, -0.1) is 0 Å². The van der Waals surface area contributed by atoms with E-state index in [9.17, 15) is 22.4 Å². The normalized spacial score (nSPS) is 11.6. The number of hydrogen-bond acceptors (Lipinski definition) is 2. The van der Waals surface area contributed by atoms with Crippen molar-refractivity contribution in [3.63, 3.8) is 0 Å². The maximum Gasteiger partial charge on any atom is 0.417 e. The largest absolute Gasteiger partial charge is 0.417 e. The molecule has 8 heteroatoms. The van der Waals surface area contributed by atoms with Crippen LogP contribution >= 0.6 is 0 Å². The number of nitrogens with one attached hydrogen (secondary N) is 1. The molecule has 4 rings (SSSR count). The van der Waals surface area contributed by atoms with Crippen molar-refractivity contribution in [2.75, 3.05) is 5.32 Å². The van der Waals surface area contributed by atoms with Crippen LogP contribution in [0.15, 0.2) is 72.9 Å². The van der Waals surface area contributed by atoms with Crippen molar-refractivity contribution >= 4 is 17.4 Å². The zero-order valence-corrected chi connectivity index (χ0v) is 15.4. The molecular weight excluding hydrogens is 398 g/mol. The Bertz CT molecular complexity index is 1200. The molecule has 0 unspecified atom stereocenters. The number of halogens is 4. The molecule has 0 spiro atoms. The first kappa shape index (κ1) is 19.6. The van der Waals surface area contributed by atoms with Crippen LogP contribution in [0, 0.1) is 5.82 Å². The molecule has 0 aliphatic heterocycles. The topological polar surface area (TPSA) is 46.4 Å². The van der Waals surface area contributed by atoms with E-state index in [-0.39, 0.29) is 17.9 Å². The molecule has 30 heavy (non-hydrogen) atoms. The summed E-state index contributed by atoms with van der Waals surface area (Å²) in [5, 5.41) is 2.67. The van der Waals surface area contributed by atoms with Crippen LogP contribution in [-0.2, 0) is 17.4 Å². The Morgan fingerprint density at radius 1 is 0.967 bits per heavy atom. The molecule has 1 amide bonds. The number of rotatable bonds is 4. The van der Waals surface area contributed by atoms with Gasteiger partial charge >= 0.3 is 6.18 Å². The van der Waals surface area contributed by atoms with Crippen LogP contribution in [0.2, 0.25) is 0 Å². The van der Waals surface area contributed by atoms with Crippen LogP contribution in [-0.4, -0.2) is 15.3 Å². The molecule has 0 atom stereocenters. The number of anilines is 1. The van der Waals surface area contributed by atoms with Crippen LogP contribution in [0.3, 0.4) is 0 Å². The number of nitrogens with zero attached hydrogens (tertiary/aromatic N) is 2. The summed E-state index contributed by atoms with van der Waals surface area (Å²) >= 11 is 0. The lowest BCUT2D eigenvalue weighted by atomic mass is 10.1. The second-order valence-corrected chi connectivity index (χ2v) is 6.67. The summed E-state index contributed by atoms with van der Waals surface area (Å²) in [5.41, 5.74) is 0.969. The van der Waals surface area contributed by atoms with Gasteiger partial charge in [0.25, 0.3) is 0 Å². The Hall–Kier alpha value is -3.68. The molecule has 152 valence electrons. The Morgan fingerprint density at radius 2 is 1.67 bits per heavy atom. The Labute approximate surface area is 168 Å². The monoisotopic (exact) mass is 413 g/mol. The second-order valence-electron chi connectivity index (χ2n) is 6.67. The number of fused-ring (bicyclic) bond motifs is 1. The number of pyridine rings is 1. The molecule has 2 aromatic carbocycles. The molecule has 0 saturated heterocycles. The molecule has 2 heterocycles. The lowest BCUT2D eigenvalue weighted by Crippen LogP contribution is -2.15. The van der Waals surface area contributed by atoms with E-state index >= 15 is 0 Å². The molecule has 2 aromatic heterocycles. The van der Waals surface area contributed by atoms with Crippen molar-refractivity contribution < 1.29 is 22.4 Å². The first-order valence-corrected chi connectivity index (χ1v) is 9.00. The molecule has 0 aliphatic rings. The van der Waals surface area contributed by atoms with Crippen LogP contribution in [0.1, 0.15) is 11.1 Å². The molecule has 0 aliphatic carbocycles. The van der Waals surface area contributed by atoms with Crippen LogP contribution < -0.4 is 5.32 Å². The van der Waals surface area contributed by atoms with Gasteiger partial charge in [0, 0.05) is 11.8 Å². The number of amides is 1. The van der Waals surface area contributed by atoms with Gasteiger partial charge in [-0.25, -0.2) is 9.37 Å². The average Bonchev–Trinajstić information content (AvgIpc) is 3.06. The molecule has 0 fully saturated rings. The maximum atomic E-state index is 13.2. The highest BCUT2D eigenvalue weighted by Crippen LogP contribution is 2.33. The number of carbonyl (C=O) groups is 1. The van der Waals surface area contributed by atoms with E-state index in [1.807, 2.05) is 0 Å². The van der Waals surface area contributed by atoms with E-state index in [1.54, 1.807) is 30.3 Å². The van der Waals surface area contributed by atoms with Crippen molar-refractivity contribution in [3.05, 3.63) is 89.9 Å². The minimum atomic E-state index is -4.52. The van der Waals surface area contributed by atoms with Crippen molar-refractivity contribution in [1.82, 2.24) is 9.38 Å². The fourth-order valence-electron chi connectivity index (χ4n) is 3.14. The molecule has 0 radical (unpaired) electrons. The van der Waals surface area contributed by atoms with Gasteiger partial charge in [-0.1, -0.05) is 42.5 Å². The number of imidazole rings is 1. The first-order chi connectivity index (χ1) is 14.3. The van der Waals surface area contributed by atoms with E-state index in [0.717, 1.165) is 12.3 Å². The smallest absolute Gasteiger partial charge is 0.309 e. The third-order valence-electron chi connectivity index (χ3n) is 4.53. The Morgan fingerprint density at radius 3 is 2.33 bits per heavy atom. The summed E-state index contributed by atoms with van der Waals surface area (Å²) in [6.07, 6.45) is -3.59. The van der Waals surface area contributed by atoms with Crippen LogP contribution in [0.4, 0.5) is 23.4 Å². The van der Waals surface area contributed by atoms with E-state index in [4.69, 9.17) is 0 Å². The number of hydrogen-bond donors (Lipinski definition) is 1. The highest BCUT2D eigenvalue weighted by atomic mass is 19.4. The summed E-state index contributed by atoms with van der Waals surface area (Å²) in [4.78, 5) is 16.8. The van der Waals surface area contributed by atoms with Gasteiger partial charge in [0.15, 0.2) is 5.82 Å². The molecule has 0 saturated carbocycles. The van der Waals surface area contributed by atoms with Crippen molar-refractivity contribution in [2.24, 2.45) is 0 Å². The van der Waals surface area contributed by atoms with E-state index in [1.165, 1.54) is 34.7 Å². The van der Waals surface area contributed by atoms with Gasteiger partial charge < -0.3 is 5.32 Å². The highest BCUT2D eigenvalue weighted by molar-refractivity contribution is 5.95. The minimum absolute atomic E-state index is 0.0316. The van der Waals surface area contributed by atoms with E-state index < -0.39 is 23.5 Å². The summed E-state index contributed by atoms with van der Waals surface area (Å²) in [6.45, 7) is 0. The van der Waals surface area contributed by atoms with Gasteiger partial charge in [0.1, 0.15) is 11.5 Å². The molecule has 0 bridgehead atoms. The Kier molecular flexibility index (Phi) is 4.99.